The topological polar surface area (TPSA) is 37.8 Å². The first-order valence-corrected chi connectivity index (χ1v) is 6.65. The molecule has 0 amide bonds. The Morgan fingerprint density at radius 1 is 1.50 bits per heavy atom. The highest BCUT2D eigenvalue weighted by Gasteiger charge is 2.06. The fraction of sp³-hybridized carbons (Fsp3) is 0.273. The van der Waals surface area contributed by atoms with Gasteiger partial charge < -0.3 is 5.32 Å². The Hall–Kier alpha value is -0.780. The standard InChI is InChI=1S/C11H12BrN3S/c1-8(11-14-2-3-16-11)15-6-9-4-10(12)7-13-5-9/h2-5,7-8,15H,6H2,1H3. The number of halogens is 1. The van der Waals surface area contributed by atoms with Crippen LogP contribution >= 0.6 is 27.3 Å². The first-order valence-electron chi connectivity index (χ1n) is 4.98. The van der Waals surface area contributed by atoms with Crippen LogP contribution in [-0.2, 0) is 6.54 Å². The van der Waals surface area contributed by atoms with Crippen LogP contribution in [0.15, 0.2) is 34.5 Å². The third kappa shape index (κ3) is 3.10. The minimum atomic E-state index is 0.277. The van der Waals surface area contributed by atoms with Crippen LogP contribution in [0.3, 0.4) is 0 Å². The van der Waals surface area contributed by atoms with Crippen molar-refractivity contribution in [1.82, 2.24) is 15.3 Å². The number of hydrogen-bond acceptors (Lipinski definition) is 4. The van der Waals surface area contributed by atoms with Crippen molar-refractivity contribution < 1.29 is 0 Å². The van der Waals surface area contributed by atoms with Crippen LogP contribution in [0, 0.1) is 0 Å². The van der Waals surface area contributed by atoms with Crippen LogP contribution in [0.25, 0.3) is 0 Å². The largest absolute Gasteiger partial charge is 0.304 e. The highest BCUT2D eigenvalue weighted by Crippen LogP contribution is 2.16. The number of hydrogen-bond donors (Lipinski definition) is 1. The monoisotopic (exact) mass is 297 g/mol. The Balaban J connectivity index is 1.92. The molecule has 0 spiro atoms. The fourth-order valence-electron chi connectivity index (χ4n) is 1.36. The summed E-state index contributed by atoms with van der Waals surface area (Å²) in [5, 5.41) is 6.52. The number of thiazole rings is 1. The van der Waals surface area contributed by atoms with Crippen LogP contribution in [0.5, 0.6) is 0 Å². The van der Waals surface area contributed by atoms with E-state index in [0.29, 0.717) is 0 Å². The van der Waals surface area contributed by atoms with Gasteiger partial charge in [-0.25, -0.2) is 4.98 Å². The van der Waals surface area contributed by atoms with Gasteiger partial charge >= 0.3 is 0 Å². The summed E-state index contributed by atoms with van der Waals surface area (Å²) in [6.07, 6.45) is 5.49. The summed E-state index contributed by atoms with van der Waals surface area (Å²) in [5.41, 5.74) is 1.16. The average Bonchev–Trinajstić information content (AvgIpc) is 2.79. The molecule has 16 heavy (non-hydrogen) atoms. The van der Waals surface area contributed by atoms with E-state index in [1.165, 1.54) is 0 Å². The van der Waals surface area contributed by atoms with E-state index in [9.17, 15) is 0 Å². The van der Waals surface area contributed by atoms with E-state index in [1.54, 1.807) is 17.5 Å². The third-order valence-electron chi connectivity index (χ3n) is 2.20. The first kappa shape index (κ1) is 11.7. The van der Waals surface area contributed by atoms with Crippen LogP contribution in [0.4, 0.5) is 0 Å². The molecule has 2 aromatic rings. The van der Waals surface area contributed by atoms with E-state index >= 15 is 0 Å². The Morgan fingerprint density at radius 3 is 3.06 bits per heavy atom. The zero-order valence-electron chi connectivity index (χ0n) is 8.85. The fourth-order valence-corrected chi connectivity index (χ4v) is 2.44. The van der Waals surface area contributed by atoms with Crippen molar-refractivity contribution in [1.29, 1.82) is 0 Å². The van der Waals surface area contributed by atoms with Crippen molar-refractivity contribution in [3.63, 3.8) is 0 Å². The second-order valence-electron chi connectivity index (χ2n) is 3.48. The lowest BCUT2D eigenvalue weighted by atomic mass is 10.2. The molecule has 84 valence electrons. The predicted molar refractivity (Wildman–Crippen MR) is 69.3 cm³/mol. The lowest BCUT2D eigenvalue weighted by molar-refractivity contribution is 0.571. The predicted octanol–water partition coefficient (Wildman–Crippen LogP) is 3.15. The van der Waals surface area contributed by atoms with E-state index in [-0.39, 0.29) is 6.04 Å². The molecule has 0 saturated carbocycles. The molecule has 0 aliphatic heterocycles. The first-order chi connectivity index (χ1) is 7.75. The molecule has 0 aliphatic rings. The highest BCUT2D eigenvalue weighted by atomic mass is 79.9. The SMILES string of the molecule is CC(NCc1cncc(Br)c1)c1nccs1. The maximum absolute atomic E-state index is 4.28. The summed E-state index contributed by atoms with van der Waals surface area (Å²) in [5.74, 6) is 0. The van der Waals surface area contributed by atoms with E-state index in [2.05, 4.69) is 44.2 Å². The number of nitrogens with one attached hydrogen (secondary N) is 1. The summed E-state index contributed by atoms with van der Waals surface area (Å²) in [6, 6.07) is 2.34. The van der Waals surface area contributed by atoms with Crippen molar-refractivity contribution in [3.8, 4) is 0 Å². The minimum absolute atomic E-state index is 0.277. The van der Waals surface area contributed by atoms with Gasteiger partial charge in [0.15, 0.2) is 0 Å². The molecule has 5 heteroatoms. The lowest BCUT2D eigenvalue weighted by Crippen LogP contribution is -2.17. The highest BCUT2D eigenvalue weighted by molar-refractivity contribution is 9.10. The van der Waals surface area contributed by atoms with Crippen molar-refractivity contribution >= 4 is 27.3 Å². The van der Waals surface area contributed by atoms with Crippen LogP contribution in [-0.4, -0.2) is 9.97 Å². The van der Waals surface area contributed by atoms with Crippen LogP contribution in [0.1, 0.15) is 23.5 Å². The normalized spacial score (nSPS) is 12.6. The van der Waals surface area contributed by atoms with Gasteiger partial charge in [0.1, 0.15) is 5.01 Å². The maximum Gasteiger partial charge on any atom is 0.109 e. The van der Waals surface area contributed by atoms with Gasteiger partial charge in [-0.05, 0) is 34.5 Å². The van der Waals surface area contributed by atoms with Gasteiger partial charge in [0.05, 0.1) is 6.04 Å². The van der Waals surface area contributed by atoms with Crippen molar-refractivity contribution in [2.24, 2.45) is 0 Å². The average molecular weight is 298 g/mol. The zero-order chi connectivity index (χ0) is 11.4. The van der Waals surface area contributed by atoms with Gasteiger partial charge in [0.25, 0.3) is 0 Å². The van der Waals surface area contributed by atoms with Crippen molar-refractivity contribution in [3.05, 3.63) is 45.1 Å². The molecule has 1 N–H and O–H groups in total. The van der Waals surface area contributed by atoms with Gasteiger partial charge in [-0.2, -0.15) is 0 Å². The molecule has 2 rings (SSSR count). The molecule has 1 unspecified atom stereocenters. The van der Waals surface area contributed by atoms with Crippen LogP contribution in [0.2, 0.25) is 0 Å². The summed E-state index contributed by atoms with van der Waals surface area (Å²) < 4.78 is 1.01. The molecule has 3 nitrogen and oxygen atoms in total. The van der Waals surface area contributed by atoms with Gasteiger partial charge in [-0.1, -0.05) is 0 Å². The Kier molecular flexibility index (Phi) is 4.04. The molecule has 2 aromatic heterocycles. The molecule has 0 fully saturated rings. The van der Waals surface area contributed by atoms with E-state index in [4.69, 9.17) is 0 Å². The van der Waals surface area contributed by atoms with E-state index in [1.807, 2.05) is 17.8 Å². The van der Waals surface area contributed by atoms with Gasteiger partial charge in [0.2, 0.25) is 0 Å². The Labute approximate surface area is 107 Å². The molecule has 0 aliphatic carbocycles. The summed E-state index contributed by atoms with van der Waals surface area (Å²) in [7, 11) is 0. The second-order valence-corrected chi connectivity index (χ2v) is 5.33. The number of aromatic nitrogens is 2. The Bertz CT molecular complexity index is 444. The van der Waals surface area contributed by atoms with Gasteiger partial charge in [-0.3, -0.25) is 4.98 Å². The van der Waals surface area contributed by atoms with Crippen molar-refractivity contribution in [2.75, 3.05) is 0 Å². The summed E-state index contributed by atoms with van der Waals surface area (Å²) in [6.45, 7) is 2.91. The lowest BCUT2D eigenvalue weighted by Gasteiger charge is -2.10. The number of rotatable bonds is 4. The second kappa shape index (κ2) is 5.52. The summed E-state index contributed by atoms with van der Waals surface area (Å²) in [4.78, 5) is 8.40. The molecule has 0 aromatic carbocycles. The molecular weight excluding hydrogens is 286 g/mol. The van der Waals surface area contributed by atoms with E-state index in [0.717, 1.165) is 21.6 Å². The molecule has 0 bridgehead atoms. The summed E-state index contributed by atoms with van der Waals surface area (Å²) >= 11 is 5.08. The van der Waals surface area contributed by atoms with E-state index < -0.39 is 0 Å². The molecular formula is C11H12BrN3S. The molecule has 1 atom stereocenters. The van der Waals surface area contributed by atoms with Gasteiger partial charge in [-0.15, -0.1) is 11.3 Å². The molecule has 0 radical (unpaired) electrons. The molecule has 2 heterocycles. The zero-order valence-corrected chi connectivity index (χ0v) is 11.3. The molecule has 0 saturated heterocycles. The maximum atomic E-state index is 4.28. The van der Waals surface area contributed by atoms with Crippen LogP contribution < -0.4 is 5.32 Å². The minimum Gasteiger partial charge on any atom is -0.304 e. The Morgan fingerprint density at radius 2 is 2.38 bits per heavy atom. The number of nitrogens with zero attached hydrogens (tertiary/aromatic N) is 2. The van der Waals surface area contributed by atoms with Gasteiger partial charge in [0, 0.05) is 35.0 Å². The quantitative estimate of drug-likeness (QED) is 0.942. The number of pyridine rings is 1. The smallest absolute Gasteiger partial charge is 0.109 e. The van der Waals surface area contributed by atoms with Crippen molar-refractivity contribution in [2.45, 2.75) is 19.5 Å². The third-order valence-corrected chi connectivity index (χ3v) is 3.59.